The van der Waals surface area contributed by atoms with Gasteiger partial charge in [0.05, 0.1) is 5.56 Å². The van der Waals surface area contributed by atoms with E-state index in [1.165, 1.54) is 0 Å². The van der Waals surface area contributed by atoms with E-state index in [9.17, 15) is 9.59 Å². The molecule has 1 fully saturated rings. The largest absolute Gasteiger partial charge is 0.399 e. The van der Waals surface area contributed by atoms with Crippen molar-refractivity contribution in [3.05, 3.63) is 23.8 Å². The molecule has 1 saturated heterocycles. The van der Waals surface area contributed by atoms with Crippen LogP contribution in [0.1, 0.15) is 23.2 Å². The van der Waals surface area contributed by atoms with Gasteiger partial charge in [-0.2, -0.15) is 0 Å². The zero-order valence-electron chi connectivity index (χ0n) is 11.8. The number of carbonyl (C=O) groups is 2. The molecule has 0 aromatic heterocycles. The molecule has 0 radical (unpaired) electrons. The van der Waals surface area contributed by atoms with Gasteiger partial charge in [0.1, 0.15) is 0 Å². The molecule has 1 aromatic carbocycles. The van der Waals surface area contributed by atoms with Gasteiger partial charge >= 0.3 is 0 Å². The Morgan fingerprint density at radius 2 is 2.20 bits per heavy atom. The second-order valence-corrected chi connectivity index (χ2v) is 5.04. The van der Waals surface area contributed by atoms with E-state index in [1.54, 1.807) is 37.2 Å². The summed E-state index contributed by atoms with van der Waals surface area (Å²) in [5, 5.41) is 5.93. The predicted octanol–water partition coefficient (Wildman–Crippen LogP) is 0.661. The minimum atomic E-state index is -0.159. The van der Waals surface area contributed by atoms with Crippen LogP contribution in [0.15, 0.2) is 18.2 Å². The first-order chi connectivity index (χ1) is 9.51. The molecule has 20 heavy (non-hydrogen) atoms. The van der Waals surface area contributed by atoms with Gasteiger partial charge in [-0.15, -0.1) is 0 Å². The van der Waals surface area contributed by atoms with Crippen LogP contribution in [0, 0.1) is 0 Å². The maximum atomic E-state index is 11.8. The van der Waals surface area contributed by atoms with Gasteiger partial charge in [0, 0.05) is 44.5 Å². The Kier molecular flexibility index (Phi) is 4.12. The lowest BCUT2D eigenvalue weighted by Gasteiger charge is -2.31. The first kappa shape index (κ1) is 14.2. The number of rotatable bonds is 3. The van der Waals surface area contributed by atoms with Gasteiger partial charge < -0.3 is 21.3 Å². The number of nitrogens with zero attached hydrogens (tertiary/aromatic N) is 1. The van der Waals surface area contributed by atoms with Crippen LogP contribution in [0.25, 0.3) is 0 Å². The van der Waals surface area contributed by atoms with Crippen LogP contribution in [0.3, 0.4) is 0 Å². The molecule has 2 rings (SSSR count). The van der Waals surface area contributed by atoms with Gasteiger partial charge in [0.25, 0.3) is 5.91 Å². The molecule has 1 aliphatic rings. The maximum Gasteiger partial charge on any atom is 0.253 e. The van der Waals surface area contributed by atoms with Crippen molar-refractivity contribution < 1.29 is 9.59 Å². The summed E-state index contributed by atoms with van der Waals surface area (Å²) < 4.78 is 0. The molecule has 1 atom stereocenters. The number of benzene rings is 1. The molecule has 1 unspecified atom stereocenters. The van der Waals surface area contributed by atoms with Crippen LogP contribution in [0.5, 0.6) is 0 Å². The quantitative estimate of drug-likeness (QED) is 0.708. The van der Waals surface area contributed by atoms with Gasteiger partial charge in [-0.05, 0) is 24.6 Å². The summed E-state index contributed by atoms with van der Waals surface area (Å²) in [6.07, 6.45) is 1.27. The molecule has 1 heterocycles. The molecule has 0 spiro atoms. The number of piperidine rings is 1. The zero-order valence-corrected chi connectivity index (χ0v) is 11.8. The number of nitrogen functional groups attached to an aromatic ring is 1. The summed E-state index contributed by atoms with van der Waals surface area (Å²) in [5.41, 5.74) is 7.65. The minimum Gasteiger partial charge on any atom is -0.399 e. The molecular formula is C14H20N4O2. The van der Waals surface area contributed by atoms with Gasteiger partial charge in [-0.25, -0.2) is 0 Å². The van der Waals surface area contributed by atoms with E-state index < -0.39 is 0 Å². The number of hydrogen-bond acceptors (Lipinski definition) is 4. The standard InChI is InChI=1S/C14H20N4O2/c1-16-14(20)11-5-3-9(15)7-12(11)17-10-4-6-13(19)18(2)8-10/h3,5,7,10,17H,4,6,8,15H2,1-2H3,(H,16,20). The Bertz CT molecular complexity index is 530. The fourth-order valence-electron chi connectivity index (χ4n) is 2.36. The number of amides is 2. The van der Waals surface area contributed by atoms with Crippen molar-refractivity contribution >= 4 is 23.2 Å². The van der Waals surface area contributed by atoms with Crippen molar-refractivity contribution in [2.45, 2.75) is 18.9 Å². The van der Waals surface area contributed by atoms with Crippen LogP contribution in [-0.4, -0.2) is 43.4 Å². The number of likely N-dealkylation sites (N-methyl/N-ethyl adjacent to an activating group) is 1. The molecule has 6 heteroatoms. The van der Waals surface area contributed by atoms with E-state index in [4.69, 9.17) is 5.73 Å². The monoisotopic (exact) mass is 276 g/mol. The van der Waals surface area contributed by atoms with Crippen LogP contribution in [0.4, 0.5) is 11.4 Å². The van der Waals surface area contributed by atoms with Crippen molar-refractivity contribution in [3.63, 3.8) is 0 Å². The lowest BCUT2D eigenvalue weighted by atomic mass is 10.0. The third-order valence-electron chi connectivity index (χ3n) is 3.50. The highest BCUT2D eigenvalue weighted by Gasteiger charge is 2.23. The minimum absolute atomic E-state index is 0.128. The van der Waals surface area contributed by atoms with Crippen molar-refractivity contribution in [2.75, 3.05) is 31.7 Å². The van der Waals surface area contributed by atoms with Crippen molar-refractivity contribution in [1.29, 1.82) is 0 Å². The average Bonchev–Trinajstić information content (AvgIpc) is 2.42. The molecule has 1 aliphatic heterocycles. The molecule has 4 N–H and O–H groups in total. The smallest absolute Gasteiger partial charge is 0.253 e. The summed E-state index contributed by atoms with van der Waals surface area (Å²) in [5.74, 6) is -0.00473. The van der Waals surface area contributed by atoms with Crippen LogP contribution >= 0.6 is 0 Å². The van der Waals surface area contributed by atoms with Gasteiger partial charge in [0.2, 0.25) is 5.91 Å². The fourth-order valence-corrected chi connectivity index (χ4v) is 2.36. The normalized spacial score (nSPS) is 18.8. The Balaban J connectivity index is 2.18. The predicted molar refractivity (Wildman–Crippen MR) is 78.5 cm³/mol. The summed E-state index contributed by atoms with van der Waals surface area (Å²) >= 11 is 0. The lowest BCUT2D eigenvalue weighted by Crippen LogP contribution is -2.43. The van der Waals surface area contributed by atoms with Crippen LogP contribution in [0.2, 0.25) is 0 Å². The zero-order chi connectivity index (χ0) is 14.7. The van der Waals surface area contributed by atoms with E-state index >= 15 is 0 Å². The first-order valence-electron chi connectivity index (χ1n) is 6.63. The molecule has 1 aromatic rings. The molecule has 6 nitrogen and oxygen atoms in total. The van der Waals surface area contributed by atoms with Crippen LogP contribution in [-0.2, 0) is 4.79 Å². The topological polar surface area (TPSA) is 87.5 Å². The summed E-state index contributed by atoms with van der Waals surface area (Å²) in [6, 6.07) is 5.28. The highest BCUT2D eigenvalue weighted by molar-refractivity contribution is 6.00. The molecule has 0 bridgehead atoms. The van der Waals surface area contributed by atoms with Crippen molar-refractivity contribution in [2.24, 2.45) is 0 Å². The number of likely N-dealkylation sites (tertiary alicyclic amines) is 1. The van der Waals surface area contributed by atoms with Gasteiger partial charge in [-0.1, -0.05) is 0 Å². The van der Waals surface area contributed by atoms with Gasteiger partial charge in [-0.3, -0.25) is 9.59 Å². The Morgan fingerprint density at radius 3 is 2.85 bits per heavy atom. The molecule has 0 saturated carbocycles. The average molecular weight is 276 g/mol. The number of carbonyl (C=O) groups excluding carboxylic acids is 2. The third kappa shape index (κ3) is 3.01. The van der Waals surface area contributed by atoms with E-state index in [-0.39, 0.29) is 17.9 Å². The third-order valence-corrected chi connectivity index (χ3v) is 3.50. The SMILES string of the molecule is CNC(=O)c1ccc(N)cc1NC1CCC(=O)N(C)C1. The summed E-state index contributed by atoms with van der Waals surface area (Å²) in [6.45, 7) is 0.626. The maximum absolute atomic E-state index is 11.8. The van der Waals surface area contributed by atoms with E-state index in [0.717, 1.165) is 6.42 Å². The lowest BCUT2D eigenvalue weighted by molar-refractivity contribution is -0.132. The summed E-state index contributed by atoms with van der Waals surface area (Å²) in [7, 11) is 3.38. The highest BCUT2D eigenvalue weighted by atomic mass is 16.2. The fraction of sp³-hybridized carbons (Fsp3) is 0.429. The molecule has 108 valence electrons. The van der Waals surface area contributed by atoms with Crippen molar-refractivity contribution in [3.8, 4) is 0 Å². The second kappa shape index (κ2) is 5.81. The number of anilines is 2. The molecule has 0 aliphatic carbocycles. The van der Waals surface area contributed by atoms with Crippen LogP contribution < -0.4 is 16.4 Å². The number of hydrogen-bond donors (Lipinski definition) is 3. The Labute approximate surface area is 118 Å². The van der Waals surface area contributed by atoms with E-state index in [0.29, 0.717) is 29.9 Å². The number of nitrogens with one attached hydrogen (secondary N) is 2. The van der Waals surface area contributed by atoms with Crippen molar-refractivity contribution in [1.82, 2.24) is 10.2 Å². The Morgan fingerprint density at radius 1 is 1.45 bits per heavy atom. The summed E-state index contributed by atoms with van der Waals surface area (Å²) in [4.78, 5) is 25.0. The Hall–Kier alpha value is -2.24. The highest BCUT2D eigenvalue weighted by Crippen LogP contribution is 2.22. The number of nitrogens with two attached hydrogens (primary N) is 1. The first-order valence-corrected chi connectivity index (χ1v) is 6.63. The van der Waals surface area contributed by atoms with Gasteiger partial charge in [0.15, 0.2) is 0 Å². The molecular weight excluding hydrogens is 256 g/mol. The second-order valence-electron chi connectivity index (χ2n) is 5.04. The van der Waals surface area contributed by atoms with E-state index in [1.807, 2.05) is 0 Å². The molecule has 2 amide bonds. The van der Waals surface area contributed by atoms with E-state index in [2.05, 4.69) is 10.6 Å².